The fraction of sp³-hybridized carbons (Fsp3) is 0.0769. The minimum atomic E-state index is -0.506. The van der Waals surface area contributed by atoms with Crippen LogP contribution in [0.5, 0.6) is 0 Å². The highest BCUT2D eigenvalue weighted by Crippen LogP contribution is 2.10. The number of nitrogens with one attached hydrogen (secondary N) is 2. The maximum Gasteiger partial charge on any atom is 0.337 e. The third-order valence-corrected chi connectivity index (χ3v) is 3.32. The zero-order valence-electron chi connectivity index (χ0n) is 11.0. The van der Waals surface area contributed by atoms with Crippen LogP contribution in [0.2, 0.25) is 0 Å². The van der Waals surface area contributed by atoms with Crippen LogP contribution in [0, 0.1) is 0 Å². The summed E-state index contributed by atoms with van der Waals surface area (Å²) < 4.78 is 4.61. The summed E-state index contributed by atoms with van der Waals surface area (Å²) in [5, 5.41) is 7.81. The van der Waals surface area contributed by atoms with Crippen LogP contribution in [0.15, 0.2) is 35.8 Å². The summed E-state index contributed by atoms with van der Waals surface area (Å²) in [6, 6.07) is 6.17. The van der Waals surface area contributed by atoms with E-state index < -0.39 is 11.9 Å². The first-order chi connectivity index (χ1) is 10.1. The third kappa shape index (κ3) is 4.07. The quantitative estimate of drug-likeness (QED) is 0.665. The third-order valence-electron chi connectivity index (χ3n) is 2.43. The number of carbonyl (C=O) groups is 2. The Kier molecular flexibility index (Phi) is 4.96. The molecule has 2 aromatic rings. The minimum Gasteiger partial charge on any atom is -0.465 e. The smallest absolute Gasteiger partial charge is 0.337 e. The zero-order valence-corrected chi connectivity index (χ0v) is 12.6. The van der Waals surface area contributed by atoms with E-state index in [0.29, 0.717) is 16.3 Å². The SMILES string of the molecule is COC(=O)c1cccc(C(=O)NC(=S)Nc2nccs2)c1. The van der Waals surface area contributed by atoms with E-state index >= 15 is 0 Å². The van der Waals surface area contributed by atoms with Gasteiger partial charge in [0.2, 0.25) is 0 Å². The average molecular weight is 321 g/mol. The first-order valence-electron chi connectivity index (χ1n) is 5.80. The van der Waals surface area contributed by atoms with Gasteiger partial charge in [-0.1, -0.05) is 6.07 Å². The summed E-state index contributed by atoms with van der Waals surface area (Å²) in [6.45, 7) is 0. The van der Waals surface area contributed by atoms with E-state index in [9.17, 15) is 9.59 Å². The molecule has 1 heterocycles. The molecular formula is C13H11N3O3S2. The highest BCUT2D eigenvalue weighted by Gasteiger charge is 2.12. The molecule has 108 valence electrons. The van der Waals surface area contributed by atoms with E-state index in [4.69, 9.17) is 12.2 Å². The lowest BCUT2D eigenvalue weighted by Crippen LogP contribution is -2.34. The molecule has 8 heteroatoms. The van der Waals surface area contributed by atoms with Crippen LogP contribution in [0.4, 0.5) is 5.13 Å². The van der Waals surface area contributed by atoms with Crippen molar-refractivity contribution in [1.29, 1.82) is 0 Å². The number of carbonyl (C=O) groups excluding carboxylic acids is 2. The number of amides is 1. The molecule has 21 heavy (non-hydrogen) atoms. The topological polar surface area (TPSA) is 80.3 Å². The first-order valence-corrected chi connectivity index (χ1v) is 7.09. The number of nitrogens with zero attached hydrogens (tertiary/aromatic N) is 1. The van der Waals surface area contributed by atoms with Gasteiger partial charge in [-0.3, -0.25) is 10.1 Å². The predicted octanol–water partition coefficient (Wildman–Crippen LogP) is 2.06. The van der Waals surface area contributed by atoms with Gasteiger partial charge in [-0.15, -0.1) is 11.3 Å². The van der Waals surface area contributed by atoms with Crippen LogP contribution in [-0.4, -0.2) is 29.1 Å². The van der Waals surface area contributed by atoms with Crippen LogP contribution >= 0.6 is 23.6 Å². The monoisotopic (exact) mass is 321 g/mol. The van der Waals surface area contributed by atoms with Gasteiger partial charge in [0.15, 0.2) is 10.2 Å². The van der Waals surface area contributed by atoms with Crippen LogP contribution in [0.1, 0.15) is 20.7 Å². The molecule has 0 bridgehead atoms. The number of anilines is 1. The lowest BCUT2D eigenvalue weighted by Gasteiger charge is -2.08. The van der Waals surface area contributed by atoms with Gasteiger partial charge >= 0.3 is 5.97 Å². The molecule has 1 amide bonds. The number of esters is 1. The van der Waals surface area contributed by atoms with Crippen molar-refractivity contribution in [2.45, 2.75) is 0 Å². The fourth-order valence-corrected chi connectivity index (χ4v) is 2.28. The van der Waals surface area contributed by atoms with E-state index in [1.54, 1.807) is 29.8 Å². The second kappa shape index (κ2) is 6.91. The molecule has 0 aliphatic heterocycles. The summed E-state index contributed by atoms with van der Waals surface area (Å²) in [5.41, 5.74) is 0.602. The van der Waals surface area contributed by atoms with Gasteiger partial charge in [0.05, 0.1) is 12.7 Å². The van der Waals surface area contributed by atoms with Gasteiger partial charge < -0.3 is 10.1 Å². The number of hydrogen-bond acceptors (Lipinski definition) is 6. The van der Waals surface area contributed by atoms with Crippen molar-refractivity contribution in [1.82, 2.24) is 10.3 Å². The van der Waals surface area contributed by atoms with Crippen LogP contribution in [0.25, 0.3) is 0 Å². The molecule has 2 rings (SSSR count). The van der Waals surface area contributed by atoms with Crippen molar-refractivity contribution in [3.8, 4) is 0 Å². The Morgan fingerprint density at radius 3 is 2.76 bits per heavy atom. The second-order valence-corrected chi connectivity index (χ2v) is 5.12. The molecule has 0 fully saturated rings. The lowest BCUT2D eigenvalue weighted by molar-refractivity contribution is 0.0600. The molecule has 6 nitrogen and oxygen atoms in total. The predicted molar refractivity (Wildman–Crippen MR) is 83.6 cm³/mol. The molecular weight excluding hydrogens is 310 g/mol. The van der Waals surface area contributed by atoms with E-state index in [0.717, 1.165) is 0 Å². The maximum atomic E-state index is 12.0. The molecule has 1 aromatic heterocycles. The molecule has 1 aromatic carbocycles. The van der Waals surface area contributed by atoms with E-state index in [1.807, 2.05) is 0 Å². The minimum absolute atomic E-state index is 0.137. The Labute approximate surface area is 130 Å². The van der Waals surface area contributed by atoms with Crippen molar-refractivity contribution in [2.24, 2.45) is 0 Å². The normalized spacial score (nSPS) is 9.76. The molecule has 0 atom stereocenters. The van der Waals surface area contributed by atoms with Gasteiger partial charge in [-0.2, -0.15) is 0 Å². The van der Waals surface area contributed by atoms with Gasteiger partial charge in [-0.25, -0.2) is 9.78 Å². The molecule has 0 aliphatic rings. The molecule has 2 N–H and O–H groups in total. The number of rotatable bonds is 3. The molecule has 0 aliphatic carbocycles. The Morgan fingerprint density at radius 2 is 2.10 bits per heavy atom. The largest absolute Gasteiger partial charge is 0.465 e. The highest BCUT2D eigenvalue weighted by molar-refractivity contribution is 7.80. The van der Waals surface area contributed by atoms with Crippen LogP contribution in [0.3, 0.4) is 0 Å². The Balaban J connectivity index is 2.03. The molecule has 0 saturated carbocycles. The number of ether oxygens (including phenoxy) is 1. The number of thiocarbonyl (C=S) groups is 1. The standard InChI is InChI=1S/C13H11N3O3S2/c1-19-11(18)9-4-2-3-8(7-9)10(17)15-12(20)16-13-14-5-6-21-13/h2-7H,1H3,(H2,14,15,16,17,20). The Bertz CT molecular complexity index is 671. The van der Waals surface area contributed by atoms with E-state index in [1.165, 1.54) is 24.5 Å². The maximum absolute atomic E-state index is 12.0. The number of aromatic nitrogens is 1. The molecule has 0 radical (unpaired) electrons. The van der Waals surface area contributed by atoms with Crippen molar-refractivity contribution >= 4 is 45.7 Å². The van der Waals surface area contributed by atoms with Crippen LogP contribution < -0.4 is 10.6 Å². The fourth-order valence-electron chi connectivity index (χ4n) is 1.49. The van der Waals surface area contributed by atoms with Gasteiger partial charge in [0, 0.05) is 17.1 Å². The van der Waals surface area contributed by atoms with Crippen molar-refractivity contribution < 1.29 is 14.3 Å². The number of hydrogen-bond donors (Lipinski definition) is 2. The second-order valence-electron chi connectivity index (χ2n) is 3.82. The Hall–Kier alpha value is -2.32. The number of benzene rings is 1. The molecule has 0 unspecified atom stereocenters. The van der Waals surface area contributed by atoms with Gasteiger partial charge in [-0.05, 0) is 30.4 Å². The summed E-state index contributed by atoms with van der Waals surface area (Å²) in [5.74, 6) is -0.928. The molecule has 0 saturated heterocycles. The van der Waals surface area contributed by atoms with Gasteiger partial charge in [0.1, 0.15) is 0 Å². The van der Waals surface area contributed by atoms with Crippen molar-refractivity contribution in [3.63, 3.8) is 0 Å². The van der Waals surface area contributed by atoms with E-state index in [-0.39, 0.29) is 5.11 Å². The van der Waals surface area contributed by atoms with Crippen molar-refractivity contribution in [2.75, 3.05) is 12.4 Å². The molecule has 0 spiro atoms. The zero-order chi connectivity index (χ0) is 15.2. The summed E-state index contributed by atoms with van der Waals surface area (Å²) in [7, 11) is 1.28. The van der Waals surface area contributed by atoms with Crippen molar-refractivity contribution in [3.05, 3.63) is 47.0 Å². The number of thiazole rings is 1. The van der Waals surface area contributed by atoms with E-state index in [2.05, 4.69) is 20.4 Å². The van der Waals surface area contributed by atoms with Crippen LogP contribution in [-0.2, 0) is 4.74 Å². The highest BCUT2D eigenvalue weighted by atomic mass is 32.1. The Morgan fingerprint density at radius 1 is 1.33 bits per heavy atom. The lowest BCUT2D eigenvalue weighted by atomic mass is 10.1. The average Bonchev–Trinajstić information content (AvgIpc) is 2.99. The first kappa shape index (κ1) is 15.1. The summed E-state index contributed by atoms with van der Waals surface area (Å²) in [4.78, 5) is 27.5. The summed E-state index contributed by atoms with van der Waals surface area (Å²) in [6.07, 6.45) is 1.62. The van der Waals surface area contributed by atoms with Gasteiger partial charge in [0.25, 0.3) is 5.91 Å². The number of methoxy groups -OCH3 is 1. The summed E-state index contributed by atoms with van der Waals surface area (Å²) >= 11 is 6.38.